The Bertz CT molecular complexity index is 1060. The number of aliphatic hydroxyl groups is 1. The van der Waals surface area contributed by atoms with Gasteiger partial charge in [-0.2, -0.15) is 5.09 Å². The van der Waals surface area contributed by atoms with Crippen LogP contribution in [0, 0.1) is 0 Å². The van der Waals surface area contributed by atoms with Crippen LogP contribution in [0.3, 0.4) is 0 Å². The van der Waals surface area contributed by atoms with Crippen LogP contribution < -0.4 is 9.61 Å². The maximum atomic E-state index is 15.4. The largest absolute Gasteiger partial charge is 0.460 e. The Morgan fingerprint density at radius 1 is 1.42 bits per heavy atom. The van der Waals surface area contributed by atoms with Crippen LogP contribution >= 0.6 is 7.75 Å². The highest BCUT2D eigenvalue weighted by Crippen LogP contribution is 2.46. The van der Waals surface area contributed by atoms with E-state index in [0.29, 0.717) is 0 Å². The van der Waals surface area contributed by atoms with Crippen molar-refractivity contribution >= 4 is 25.4 Å². The number of carbonyl (C=O) groups is 3. The fourth-order valence-electron chi connectivity index (χ4n) is 3.54. The molecule has 1 unspecified atom stereocenters. The summed E-state index contributed by atoms with van der Waals surface area (Å²) < 4.78 is 50.4. The fourth-order valence-corrected chi connectivity index (χ4v) is 5.05. The molecule has 36 heavy (non-hydrogen) atoms. The summed E-state index contributed by atoms with van der Waals surface area (Å²) in [5.74, 6) is -1.75. The zero-order chi connectivity index (χ0) is 26.5. The zero-order valence-electron chi connectivity index (χ0n) is 19.7. The highest BCUT2D eigenvalue weighted by Gasteiger charge is 2.57. The van der Waals surface area contributed by atoms with Crippen molar-refractivity contribution in [3.8, 4) is 5.75 Å². The van der Waals surface area contributed by atoms with Crippen LogP contribution in [-0.4, -0.2) is 71.0 Å². The minimum absolute atomic E-state index is 0.0661. The Morgan fingerprint density at radius 2 is 2.11 bits per heavy atom. The first-order valence-corrected chi connectivity index (χ1v) is 12.6. The molecule has 0 bridgehead atoms. The molecule has 2 aliphatic heterocycles. The van der Waals surface area contributed by atoms with Gasteiger partial charge < -0.3 is 19.1 Å². The number of hydrogen-bond donors (Lipinski definition) is 2. The second kappa shape index (κ2) is 11.4. The van der Waals surface area contributed by atoms with Crippen LogP contribution in [-0.2, 0) is 32.9 Å². The minimum Gasteiger partial charge on any atom is -0.460 e. The van der Waals surface area contributed by atoms with Crippen molar-refractivity contribution < 1.29 is 47.0 Å². The van der Waals surface area contributed by atoms with E-state index in [2.05, 4.69) is 11.7 Å². The number of aliphatic hydroxyl groups excluding tert-OH is 1. The summed E-state index contributed by atoms with van der Waals surface area (Å²) in [6, 6.07) is 6.82. The van der Waals surface area contributed by atoms with Crippen molar-refractivity contribution in [3.05, 3.63) is 55.3 Å². The van der Waals surface area contributed by atoms with E-state index < -0.39 is 68.6 Å². The molecule has 0 aliphatic carbocycles. The van der Waals surface area contributed by atoms with Crippen molar-refractivity contribution in [1.29, 1.82) is 0 Å². The molecule has 1 fully saturated rings. The molecule has 196 valence electrons. The molecule has 0 saturated carbocycles. The number of nitrogens with zero attached hydrogens (tertiary/aromatic N) is 1. The molecule has 1 aromatic carbocycles. The number of rotatable bonds is 11. The van der Waals surface area contributed by atoms with E-state index in [1.807, 2.05) is 0 Å². The molecular weight excluding hydrogens is 498 g/mol. The number of ketones is 1. The van der Waals surface area contributed by atoms with Gasteiger partial charge in [0.15, 0.2) is 17.7 Å². The van der Waals surface area contributed by atoms with Gasteiger partial charge in [0.1, 0.15) is 30.6 Å². The molecule has 11 nitrogen and oxygen atoms in total. The predicted molar refractivity (Wildman–Crippen MR) is 124 cm³/mol. The minimum atomic E-state index is -4.31. The Balaban J connectivity index is 1.75. The monoisotopic (exact) mass is 526 g/mol. The summed E-state index contributed by atoms with van der Waals surface area (Å²) in [5, 5.41) is 13.0. The molecule has 2 N–H and O–H groups in total. The van der Waals surface area contributed by atoms with Crippen LogP contribution in [0.25, 0.3) is 0 Å². The summed E-state index contributed by atoms with van der Waals surface area (Å²) in [6.07, 6.45) is -1.63. The molecule has 2 heterocycles. The molecule has 2 aliphatic rings. The van der Waals surface area contributed by atoms with Crippen molar-refractivity contribution in [2.75, 3.05) is 13.2 Å². The third kappa shape index (κ3) is 6.45. The van der Waals surface area contributed by atoms with Crippen LogP contribution in [0.4, 0.5) is 4.39 Å². The Labute approximate surface area is 207 Å². The standard InChI is InChI=1S/C23H28FN2O9P/c1-4-12-32-21(30)15(2)25-36(31,35-17-8-6-5-7-9-17)33-14-18-20(29)23(3,24)22(34-18)26-11-10-16(27)13-19(26)28/h4-11,15,18,20,22,29H,1,12-14H2,2-3H3,(H,25,31)/t15-,18+,20+,22+,23+,36?/m0/s1. The van der Waals surface area contributed by atoms with E-state index in [1.165, 1.54) is 25.1 Å². The molecular formula is C23H28FN2O9P. The maximum absolute atomic E-state index is 15.4. The molecule has 1 aromatic rings. The number of para-hydroxylation sites is 1. The van der Waals surface area contributed by atoms with Gasteiger partial charge in [0.2, 0.25) is 5.91 Å². The van der Waals surface area contributed by atoms with Gasteiger partial charge in [-0.25, -0.2) is 8.96 Å². The van der Waals surface area contributed by atoms with Crippen LogP contribution in [0.1, 0.15) is 20.3 Å². The Kier molecular flexibility index (Phi) is 8.80. The van der Waals surface area contributed by atoms with Gasteiger partial charge >= 0.3 is 13.7 Å². The van der Waals surface area contributed by atoms with Crippen LogP contribution in [0.2, 0.25) is 0 Å². The molecule has 0 radical (unpaired) electrons. The number of allylic oxidation sites excluding steroid dienone is 1. The van der Waals surface area contributed by atoms with E-state index in [9.17, 15) is 24.1 Å². The second-order valence-corrected chi connectivity index (χ2v) is 10.0. The lowest BCUT2D eigenvalue weighted by Gasteiger charge is -2.32. The zero-order valence-corrected chi connectivity index (χ0v) is 20.6. The number of nitrogens with one attached hydrogen (secondary N) is 1. The number of halogens is 1. The number of benzene rings is 1. The molecule has 0 aromatic heterocycles. The average molecular weight is 526 g/mol. The summed E-state index contributed by atoms with van der Waals surface area (Å²) in [7, 11) is -4.31. The van der Waals surface area contributed by atoms with Crippen LogP contribution in [0.15, 0.2) is 55.3 Å². The number of alkyl halides is 1. The lowest BCUT2D eigenvalue weighted by atomic mass is 9.97. The number of hydrogen-bond acceptors (Lipinski definition) is 9. The van der Waals surface area contributed by atoms with Gasteiger partial charge in [-0.1, -0.05) is 30.9 Å². The molecule has 6 atom stereocenters. The smallest absolute Gasteiger partial charge is 0.459 e. The quantitative estimate of drug-likeness (QED) is 0.190. The van der Waals surface area contributed by atoms with Gasteiger partial charge in [-0.05, 0) is 32.1 Å². The molecule has 13 heteroatoms. The topological polar surface area (TPSA) is 141 Å². The van der Waals surface area contributed by atoms with Crippen molar-refractivity contribution in [2.24, 2.45) is 0 Å². The van der Waals surface area contributed by atoms with E-state index >= 15 is 4.39 Å². The number of amides is 1. The van der Waals surface area contributed by atoms with Gasteiger partial charge in [-0.3, -0.25) is 23.8 Å². The van der Waals surface area contributed by atoms with Gasteiger partial charge in [0, 0.05) is 6.20 Å². The van der Waals surface area contributed by atoms with Gasteiger partial charge in [-0.15, -0.1) is 0 Å². The SMILES string of the molecule is C=CCOC(=O)[C@H](C)NP(=O)(OC[C@H]1O[C@@H](N2C=CC(=O)CC2=O)[C@](C)(F)[C@@H]1O)Oc1ccccc1. The molecule has 1 amide bonds. The second-order valence-electron chi connectivity index (χ2n) is 8.35. The van der Waals surface area contributed by atoms with Crippen molar-refractivity contribution in [3.63, 3.8) is 0 Å². The first-order valence-electron chi connectivity index (χ1n) is 11.1. The lowest BCUT2D eigenvalue weighted by Crippen LogP contribution is -2.51. The Hall–Kier alpha value is -2.89. The lowest BCUT2D eigenvalue weighted by molar-refractivity contribution is -0.150. The summed E-state index contributed by atoms with van der Waals surface area (Å²) >= 11 is 0. The highest BCUT2D eigenvalue weighted by molar-refractivity contribution is 7.52. The maximum Gasteiger partial charge on any atom is 0.459 e. The number of ether oxygens (including phenoxy) is 2. The Morgan fingerprint density at radius 3 is 2.75 bits per heavy atom. The van der Waals surface area contributed by atoms with Crippen LogP contribution in [0.5, 0.6) is 5.75 Å². The summed E-state index contributed by atoms with van der Waals surface area (Å²) in [5.41, 5.74) is -2.45. The number of esters is 1. The highest BCUT2D eigenvalue weighted by atomic mass is 31.2. The third-order valence-electron chi connectivity index (χ3n) is 5.43. The van der Waals surface area contributed by atoms with E-state index in [-0.39, 0.29) is 12.4 Å². The summed E-state index contributed by atoms with van der Waals surface area (Å²) in [6.45, 7) is 5.16. The van der Waals surface area contributed by atoms with Gasteiger partial charge in [0.25, 0.3) is 0 Å². The predicted octanol–water partition coefficient (Wildman–Crippen LogP) is 2.03. The first-order chi connectivity index (χ1) is 17.0. The molecule has 1 saturated heterocycles. The van der Waals surface area contributed by atoms with Crippen molar-refractivity contribution in [2.45, 2.75) is 50.4 Å². The molecule has 3 rings (SSSR count). The van der Waals surface area contributed by atoms with E-state index in [0.717, 1.165) is 24.1 Å². The average Bonchev–Trinajstić information content (AvgIpc) is 3.05. The van der Waals surface area contributed by atoms with Crippen molar-refractivity contribution in [1.82, 2.24) is 9.99 Å². The first kappa shape index (κ1) is 27.7. The van der Waals surface area contributed by atoms with E-state index in [1.54, 1.807) is 18.2 Å². The number of carbonyl (C=O) groups excluding carboxylic acids is 3. The molecule has 0 spiro atoms. The van der Waals surface area contributed by atoms with E-state index in [4.69, 9.17) is 18.5 Å². The van der Waals surface area contributed by atoms with Gasteiger partial charge in [0.05, 0.1) is 13.0 Å². The third-order valence-corrected chi connectivity index (χ3v) is 7.07. The fraction of sp³-hybridized carbons (Fsp3) is 0.435. The normalized spacial score (nSPS) is 28.4. The summed E-state index contributed by atoms with van der Waals surface area (Å²) in [4.78, 5) is 36.7.